The fraction of sp³-hybridized carbons (Fsp3) is 0.0645. The normalized spacial score (nSPS) is 11.1. The van der Waals surface area contributed by atoms with Gasteiger partial charge in [-0.1, -0.05) is 97.9 Å². The lowest BCUT2D eigenvalue weighted by Crippen LogP contribution is -1.97. The summed E-state index contributed by atoms with van der Waals surface area (Å²) < 4.78 is 5.82. The maximum atomic E-state index is 5.82. The van der Waals surface area contributed by atoms with Crippen molar-refractivity contribution in [2.24, 2.45) is 0 Å². The van der Waals surface area contributed by atoms with Crippen molar-refractivity contribution in [1.82, 2.24) is 15.0 Å². The average Bonchev–Trinajstić information content (AvgIpc) is 3.36. The Hall–Kier alpha value is -4.57. The molecule has 0 aliphatic carbocycles. The van der Waals surface area contributed by atoms with Crippen molar-refractivity contribution >= 4 is 11.1 Å². The number of hydrogen-bond donors (Lipinski definition) is 0. The van der Waals surface area contributed by atoms with Crippen LogP contribution in [0.25, 0.3) is 56.1 Å². The molecule has 168 valence electrons. The minimum absolute atomic E-state index is 0.690. The minimum Gasteiger partial charge on any atom is -0.441 e. The molecule has 4 aromatic carbocycles. The molecule has 2 aromatic heterocycles. The Morgan fingerprint density at radius 3 is 1.80 bits per heavy atom. The summed E-state index contributed by atoms with van der Waals surface area (Å²) in [4.78, 5) is 14.7. The predicted molar refractivity (Wildman–Crippen MR) is 141 cm³/mol. The average molecular weight is 454 g/mol. The van der Waals surface area contributed by atoms with E-state index in [9.17, 15) is 0 Å². The van der Waals surface area contributed by atoms with Gasteiger partial charge < -0.3 is 4.42 Å². The number of hydrogen-bond acceptors (Lipinski definition) is 4. The molecule has 0 spiro atoms. The third kappa shape index (κ3) is 4.11. The summed E-state index contributed by atoms with van der Waals surface area (Å²) in [5, 5.41) is 0. The van der Waals surface area contributed by atoms with Crippen LogP contribution in [0.5, 0.6) is 0 Å². The lowest BCUT2D eigenvalue weighted by molar-refractivity contribution is 0.538. The van der Waals surface area contributed by atoms with Crippen molar-refractivity contribution in [3.63, 3.8) is 0 Å². The first-order valence-electron chi connectivity index (χ1n) is 11.8. The second-order valence-electron chi connectivity index (χ2n) is 8.38. The zero-order valence-corrected chi connectivity index (χ0v) is 19.3. The Labute approximate surface area is 204 Å². The van der Waals surface area contributed by atoms with Crippen molar-refractivity contribution in [3.8, 4) is 45.0 Å². The summed E-state index contributed by atoms with van der Waals surface area (Å²) in [7, 11) is 0. The maximum absolute atomic E-state index is 5.82. The van der Waals surface area contributed by atoms with Gasteiger partial charge in [0, 0.05) is 23.1 Å². The second kappa shape index (κ2) is 8.99. The molecule has 0 atom stereocenters. The van der Waals surface area contributed by atoms with Gasteiger partial charge in [0.1, 0.15) is 5.52 Å². The Bertz CT molecular complexity index is 1560. The topological polar surface area (TPSA) is 51.8 Å². The molecule has 0 saturated carbocycles. The summed E-state index contributed by atoms with van der Waals surface area (Å²) in [6.07, 6.45) is 0.767. The van der Waals surface area contributed by atoms with Gasteiger partial charge in [0.15, 0.2) is 17.3 Å². The van der Waals surface area contributed by atoms with Crippen LogP contribution in [0.1, 0.15) is 12.8 Å². The first-order chi connectivity index (χ1) is 17.3. The molecule has 4 heteroatoms. The highest BCUT2D eigenvalue weighted by Gasteiger charge is 2.15. The zero-order chi connectivity index (χ0) is 23.6. The fourth-order valence-electron chi connectivity index (χ4n) is 4.31. The van der Waals surface area contributed by atoms with Crippen molar-refractivity contribution in [2.75, 3.05) is 0 Å². The molecule has 0 aliphatic heterocycles. The van der Waals surface area contributed by atoms with Crippen LogP contribution in [0.3, 0.4) is 0 Å². The number of oxazole rings is 1. The van der Waals surface area contributed by atoms with E-state index in [0.29, 0.717) is 5.82 Å². The van der Waals surface area contributed by atoms with Gasteiger partial charge >= 0.3 is 0 Å². The van der Waals surface area contributed by atoms with Crippen LogP contribution in [0.2, 0.25) is 0 Å². The summed E-state index contributed by atoms with van der Waals surface area (Å²) in [6, 6.07) is 37.0. The molecule has 2 heterocycles. The molecule has 0 unspecified atom stereocenters. The quantitative estimate of drug-likeness (QED) is 0.267. The predicted octanol–water partition coefficient (Wildman–Crippen LogP) is 7.85. The van der Waals surface area contributed by atoms with Crippen molar-refractivity contribution in [2.45, 2.75) is 13.3 Å². The van der Waals surface area contributed by atoms with E-state index >= 15 is 0 Å². The molecular formula is C31H23N3O. The Morgan fingerprint density at radius 1 is 0.571 bits per heavy atom. The van der Waals surface area contributed by atoms with Crippen molar-refractivity contribution in [3.05, 3.63) is 115 Å². The molecule has 0 N–H and O–H groups in total. The van der Waals surface area contributed by atoms with Crippen LogP contribution in [0.15, 0.2) is 114 Å². The molecule has 0 bridgehead atoms. The van der Waals surface area contributed by atoms with Gasteiger partial charge in [0.2, 0.25) is 0 Å². The van der Waals surface area contributed by atoms with E-state index in [1.165, 1.54) is 0 Å². The van der Waals surface area contributed by atoms with Gasteiger partial charge in [-0.15, -0.1) is 0 Å². The molecule has 0 aliphatic rings. The van der Waals surface area contributed by atoms with E-state index < -0.39 is 0 Å². The van der Waals surface area contributed by atoms with Gasteiger partial charge in [0.25, 0.3) is 0 Å². The van der Waals surface area contributed by atoms with Crippen LogP contribution >= 0.6 is 0 Å². The van der Waals surface area contributed by atoms with Crippen LogP contribution in [0, 0.1) is 0 Å². The summed E-state index contributed by atoms with van der Waals surface area (Å²) >= 11 is 0. The SMILES string of the molecule is CCc1nc2cc(-c3ccccc3-c3nc(-c4ccccc4)cc(-c4ccccc4)n3)ccc2o1. The van der Waals surface area contributed by atoms with E-state index in [4.69, 9.17) is 14.4 Å². The Morgan fingerprint density at radius 2 is 1.17 bits per heavy atom. The molecule has 0 fully saturated rings. The molecule has 6 rings (SSSR count). The van der Waals surface area contributed by atoms with Crippen molar-refractivity contribution in [1.29, 1.82) is 0 Å². The highest BCUT2D eigenvalue weighted by molar-refractivity contribution is 5.87. The van der Waals surface area contributed by atoms with E-state index in [2.05, 4.69) is 59.6 Å². The van der Waals surface area contributed by atoms with Crippen LogP contribution in [0.4, 0.5) is 0 Å². The largest absolute Gasteiger partial charge is 0.441 e. The zero-order valence-electron chi connectivity index (χ0n) is 19.3. The van der Waals surface area contributed by atoms with Crippen LogP contribution in [-0.2, 0) is 6.42 Å². The number of fused-ring (bicyclic) bond motifs is 1. The minimum atomic E-state index is 0.690. The highest BCUT2D eigenvalue weighted by atomic mass is 16.3. The van der Waals surface area contributed by atoms with Gasteiger partial charge in [-0.2, -0.15) is 0 Å². The first kappa shape index (κ1) is 21.0. The number of nitrogens with zero attached hydrogens (tertiary/aromatic N) is 3. The Kier molecular flexibility index (Phi) is 5.39. The molecule has 0 amide bonds. The first-order valence-corrected chi connectivity index (χ1v) is 11.8. The summed E-state index contributed by atoms with van der Waals surface area (Å²) in [6.45, 7) is 2.04. The fourth-order valence-corrected chi connectivity index (χ4v) is 4.31. The van der Waals surface area contributed by atoms with Crippen LogP contribution in [-0.4, -0.2) is 15.0 Å². The van der Waals surface area contributed by atoms with E-state index in [0.717, 1.165) is 62.6 Å². The lowest BCUT2D eigenvalue weighted by atomic mass is 9.98. The number of aryl methyl sites for hydroxylation is 1. The van der Waals surface area contributed by atoms with Gasteiger partial charge in [0.05, 0.1) is 11.4 Å². The van der Waals surface area contributed by atoms with E-state index in [1.54, 1.807) is 0 Å². The van der Waals surface area contributed by atoms with Gasteiger partial charge in [-0.25, -0.2) is 15.0 Å². The third-order valence-corrected chi connectivity index (χ3v) is 6.08. The highest BCUT2D eigenvalue weighted by Crippen LogP contribution is 2.34. The van der Waals surface area contributed by atoms with Crippen molar-refractivity contribution < 1.29 is 4.42 Å². The van der Waals surface area contributed by atoms with E-state index in [1.807, 2.05) is 61.5 Å². The summed E-state index contributed by atoms with van der Waals surface area (Å²) in [5.41, 5.74) is 8.64. The molecule has 0 radical (unpaired) electrons. The number of rotatable bonds is 5. The Balaban J connectivity index is 1.54. The molecule has 35 heavy (non-hydrogen) atoms. The molecule has 0 saturated heterocycles. The van der Waals surface area contributed by atoms with E-state index in [-0.39, 0.29) is 0 Å². The maximum Gasteiger partial charge on any atom is 0.195 e. The van der Waals surface area contributed by atoms with Gasteiger partial charge in [-0.05, 0) is 29.3 Å². The number of aromatic nitrogens is 3. The smallest absolute Gasteiger partial charge is 0.195 e. The molecule has 6 aromatic rings. The second-order valence-corrected chi connectivity index (χ2v) is 8.38. The van der Waals surface area contributed by atoms with Crippen LogP contribution < -0.4 is 0 Å². The molecular weight excluding hydrogens is 430 g/mol. The lowest BCUT2D eigenvalue weighted by Gasteiger charge is -2.12. The summed E-state index contributed by atoms with van der Waals surface area (Å²) in [5.74, 6) is 1.44. The third-order valence-electron chi connectivity index (χ3n) is 6.08. The number of benzene rings is 4. The standard InChI is InChI=1S/C31H23N3O/c1-2-30-32-28-19-23(17-18-29(28)35-30)24-15-9-10-16-25(24)31-33-26(21-11-5-3-6-12-21)20-27(34-31)22-13-7-4-8-14-22/h3-20H,2H2,1H3. The molecule has 4 nitrogen and oxygen atoms in total. The van der Waals surface area contributed by atoms with Gasteiger partial charge in [-0.3, -0.25) is 0 Å². The monoisotopic (exact) mass is 453 g/mol.